The Kier molecular flexibility index (Phi) is 9.69. The second-order valence-electron chi connectivity index (χ2n) is 10.6. The van der Waals surface area contributed by atoms with E-state index in [1.165, 1.54) is 0 Å². The summed E-state index contributed by atoms with van der Waals surface area (Å²) < 4.78 is 58.3. The summed E-state index contributed by atoms with van der Waals surface area (Å²) in [5.74, 6) is -3.27. The van der Waals surface area contributed by atoms with Gasteiger partial charge in [-0.3, -0.25) is 9.28 Å². The average molecular weight is 615 g/mol. The molecular weight excluding hydrogens is 585 g/mol. The van der Waals surface area contributed by atoms with Gasteiger partial charge in [0.1, 0.15) is 17.4 Å². The summed E-state index contributed by atoms with van der Waals surface area (Å²) in [4.78, 5) is 22.3. The SMILES string of the molecule is C[N+](C)(C)c1ccc(CNC(=O)c2cc3cc(S(C)(=O)=O)ccc3n2Cc2cccc(C#N)c2)cc1.O=C([O-])C(F)(F)F. The standard InChI is InChI=1S/C28H28N4O3S.C2HF3O2/c1-32(2,3)24-10-8-20(9-11-24)18-30-28(33)27-16-23-15-25(36(4,34)35)12-13-26(23)31(27)19-22-7-5-6-21(14-22)17-29;3-2(4,5)1(6)7/h5-16H,18-19H2,1-4H3;(H,6,7). The molecule has 1 aromatic heterocycles. The first-order valence-corrected chi connectivity index (χ1v) is 14.6. The van der Waals surface area contributed by atoms with Crippen LogP contribution in [0.25, 0.3) is 10.9 Å². The van der Waals surface area contributed by atoms with Gasteiger partial charge in [0.2, 0.25) is 0 Å². The summed E-state index contributed by atoms with van der Waals surface area (Å²) in [6.07, 6.45) is -4.03. The van der Waals surface area contributed by atoms with Crippen LogP contribution in [-0.2, 0) is 27.7 Å². The third kappa shape index (κ3) is 8.67. The molecule has 1 amide bonds. The number of hydrogen-bond acceptors (Lipinski definition) is 6. The molecule has 13 heteroatoms. The quantitative estimate of drug-likeness (QED) is 0.318. The van der Waals surface area contributed by atoms with Gasteiger partial charge in [-0.05, 0) is 59.7 Å². The molecule has 4 rings (SSSR count). The molecule has 4 aromatic rings. The van der Waals surface area contributed by atoms with Crippen molar-refractivity contribution in [1.29, 1.82) is 5.26 Å². The summed E-state index contributed by atoms with van der Waals surface area (Å²) in [6.45, 7) is 0.717. The van der Waals surface area contributed by atoms with Crippen molar-refractivity contribution in [2.75, 3.05) is 27.4 Å². The van der Waals surface area contributed by atoms with Crippen LogP contribution in [0.4, 0.5) is 18.9 Å². The molecule has 0 aliphatic rings. The van der Waals surface area contributed by atoms with Crippen molar-refractivity contribution in [3.63, 3.8) is 0 Å². The van der Waals surface area contributed by atoms with E-state index >= 15 is 0 Å². The predicted octanol–water partition coefficient (Wildman–Crippen LogP) is 3.39. The Morgan fingerprint density at radius 2 is 1.60 bits per heavy atom. The Bertz CT molecular complexity index is 1800. The van der Waals surface area contributed by atoms with Crippen molar-refractivity contribution in [3.8, 4) is 6.07 Å². The van der Waals surface area contributed by atoms with Crippen molar-refractivity contribution < 1.29 is 36.3 Å². The molecule has 1 N–H and O–H groups in total. The average Bonchev–Trinajstić information content (AvgIpc) is 3.28. The number of fused-ring (bicyclic) bond motifs is 1. The van der Waals surface area contributed by atoms with Crippen LogP contribution in [0, 0.1) is 11.3 Å². The number of nitriles is 1. The van der Waals surface area contributed by atoms with Gasteiger partial charge in [-0.1, -0.05) is 24.3 Å². The van der Waals surface area contributed by atoms with Crippen molar-refractivity contribution in [1.82, 2.24) is 14.4 Å². The molecule has 0 atom stereocenters. The second-order valence-corrected chi connectivity index (χ2v) is 12.6. The fourth-order valence-corrected chi connectivity index (χ4v) is 4.75. The molecule has 0 radical (unpaired) electrons. The largest absolute Gasteiger partial charge is 0.542 e. The zero-order chi connectivity index (χ0) is 32.2. The Morgan fingerprint density at radius 1 is 0.977 bits per heavy atom. The smallest absolute Gasteiger partial charge is 0.430 e. The number of carbonyl (C=O) groups is 2. The number of amides is 1. The van der Waals surface area contributed by atoms with E-state index in [1.54, 1.807) is 42.5 Å². The number of carbonyl (C=O) groups excluding carboxylic acids is 2. The zero-order valence-electron chi connectivity index (χ0n) is 23.8. The maximum atomic E-state index is 13.3. The first-order valence-electron chi connectivity index (χ1n) is 12.7. The number of hydrogen-bond donors (Lipinski definition) is 1. The summed E-state index contributed by atoms with van der Waals surface area (Å²) >= 11 is 0. The number of carboxylic acid groups (broad SMARTS) is 1. The van der Waals surface area contributed by atoms with Gasteiger partial charge in [0.15, 0.2) is 9.84 Å². The summed E-state index contributed by atoms with van der Waals surface area (Å²) in [6, 6.07) is 24.0. The lowest BCUT2D eigenvalue weighted by Gasteiger charge is -2.23. The van der Waals surface area contributed by atoms with Gasteiger partial charge >= 0.3 is 6.18 Å². The molecule has 0 saturated heterocycles. The van der Waals surface area contributed by atoms with Gasteiger partial charge in [-0.15, -0.1) is 0 Å². The van der Waals surface area contributed by atoms with Gasteiger partial charge in [-0.2, -0.15) is 18.4 Å². The normalized spacial score (nSPS) is 11.8. The van der Waals surface area contributed by atoms with Crippen molar-refractivity contribution in [2.45, 2.75) is 24.2 Å². The molecule has 0 aliphatic carbocycles. The molecular formula is C30H29F3N4O5S. The molecule has 226 valence electrons. The van der Waals surface area contributed by atoms with Crippen molar-refractivity contribution in [2.24, 2.45) is 0 Å². The Morgan fingerprint density at radius 3 is 2.14 bits per heavy atom. The highest BCUT2D eigenvalue weighted by Crippen LogP contribution is 2.25. The molecule has 0 bridgehead atoms. The number of halogens is 3. The van der Waals surface area contributed by atoms with Gasteiger partial charge in [0, 0.05) is 30.2 Å². The van der Waals surface area contributed by atoms with Crippen LogP contribution >= 0.6 is 0 Å². The number of nitrogens with one attached hydrogen (secondary N) is 1. The minimum atomic E-state index is -5.19. The molecule has 0 unspecified atom stereocenters. The fraction of sp³-hybridized carbons (Fsp3) is 0.233. The molecule has 0 spiro atoms. The minimum Gasteiger partial charge on any atom is -0.542 e. The fourth-order valence-electron chi connectivity index (χ4n) is 4.09. The van der Waals surface area contributed by atoms with Gasteiger partial charge in [0.05, 0.1) is 37.7 Å². The van der Waals surface area contributed by atoms with Crippen LogP contribution in [0.3, 0.4) is 0 Å². The number of aromatic nitrogens is 1. The van der Waals surface area contributed by atoms with Gasteiger partial charge in [-0.25, -0.2) is 8.42 Å². The van der Waals surface area contributed by atoms with Gasteiger partial charge in [0.25, 0.3) is 5.91 Å². The van der Waals surface area contributed by atoms with E-state index in [9.17, 15) is 31.6 Å². The molecule has 3 aromatic carbocycles. The minimum absolute atomic E-state index is 0.197. The number of aliphatic carboxylic acids is 1. The molecule has 0 aliphatic heterocycles. The molecule has 0 fully saturated rings. The van der Waals surface area contributed by atoms with Crippen LogP contribution in [0.5, 0.6) is 0 Å². The van der Waals surface area contributed by atoms with Gasteiger partial charge < -0.3 is 19.8 Å². The van der Waals surface area contributed by atoms with E-state index in [1.807, 2.05) is 34.9 Å². The van der Waals surface area contributed by atoms with Crippen LogP contribution < -0.4 is 14.9 Å². The lowest BCUT2D eigenvalue weighted by Crippen LogP contribution is -2.37. The maximum Gasteiger partial charge on any atom is 0.430 e. The summed E-state index contributed by atoms with van der Waals surface area (Å²) in [5.41, 5.74) is 4.69. The Hall–Kier alpha value is -4.67. The third-order valence-corrected chi connectivity index (χ3v) is 7.44. The van der Waals surface area contributed by atoms with E-state index in [2.05, 4.69) is 32.5 Å². The number of quaternary nitrogens is 1. The highest BCUT2D eigenvalue weighted by Gasteiger charge is 2.28. The predicted molar refractivity (Wildman–Crippen MR) is 154 cm³/mol. The topological polar surface area (TPSA) is 132 Å². The first kappa shape index (κ1) is 32.8. The molecule has 0 saturated carbocycles. The number of sulfone groups is 1. The summed E-state index contributed by atoms with van der Waals surface area (Å²) in [7, 11) is 2.89. The second kappa shape index (κ2) is 12.7. The van der Waals surface area contributed by atoms with E-state index in [4.69, 9.17) is 9.90 Å². The number of carboxylic acids is 1. The van der Waals surface area contributed by atoms with E-state index < -0.39 is 22.0 Å². The number of alkyl halides is 3. The maximum absolute atomic E-state index is 13.3. The van der Waals surface area contributed by atoms with Crippen LogP contribution in [0.1, 0.15) is 27.2 Å². The molecule has 9 nitrogen and oxygen atoms in total. The van der Waals surface area contributed by atoms with Crippen LogP contribution in [0.2, 0.25) is 0 Å². The van der Waals surface area contributed by atoms with E-state index in [-0.39, 0.29) is 10.8 Å². The lowest BCUT2D eigenvalue weighted by atomic mass is 10.1. The van der Waals surface area contributed by atoms with Crippen molar-refractivity contribution >= 4 is 38.3 Å². The molecule has 43 heavy (non-hydrogen) atoms. The molecule has 1 heterocycles. The number of nitrogens with zero attached hydrogens (tertiary/aromatic N) is 3. The van der Waals surface area contributed by atoms with Crippen LogP contribution in [0.15, 0.2) is 77.7 Å². The monoisotopic (exact) mass is 614 g/mol. The Balaban J connectivity index is 0.000000646. The van der Waals surface area contributed by atoms with Crippen LogP contribution in [-0.4, -0.2) is 58.4 Å². The zero-order valence-corrected chi connectivity index (χ0v) is 24.6. The third-order valence-electron chi connectivity index (χ3n) is 6.33. The summed E-state index contributed by atoms with van der Waals surface area (Å²) in [5, 5.41) is 21.7. The number of benzene rings is 3. The number of rotatable bonds is 7. The highest BCUT2D eigenvalue weighted by molar-refractivity contribution is 7.90. The highest BCUT2D eigenvalue weighted by atomic mass is 32.2. The lowest BCUT2D eigenvalue weighted by molar-refractivity contribution is -0.344. The van der Waals surface area contributed by atoms with E-state index in [0.717, 1.165) is 28.6 Å². The Labute approximate surface area is 246 Å². The first-order chi connectivity index (χ1) is 19.9. The van der Waals surface area contributed by atoms with Crippen molar-refractivity contribution in [3.05, 3.63) is 95.2 Å². The van der Waals surface area contributed by atoms with E-state index in [0.29, 0.717) is 34.2 Å².